The summed E-state index contributed by atoms with van der Waals surface area (Å²) in [5.41, 5.74) is 0.991. The van der Waals surface area contributed by atoms with E-state index in [0.717, 1.165) is 49.0 Å². The molecule has 0 bridgehead atoms. The molecule has 4 aliphatic rings. The zero-order valence-electron chi connectivity index (χ0n) is 21.9. The molecule has 5 unspecified atom stereocenters. The van der Waals surface area contributed by atoms with Crippen LogP contribution >= 0.6 is 0 Å². The van der Waals surface area contributed by atoms with E-state index in [-0.39, 0.29) is 12.6 Å². The molecule has 190 valence electrons. The smallest absolute Gasteiger partial charge is 0.305 e. The molecule has 4 heteroatoms. The Labute approximate surface area is 203 Å². The Bertz CT molecular complexity index is 667. The molecule has 0 aromatic rings. The van der Waals surface area contributed by atoms with Crippen molar-refractivity contribution in [2.45, 2.75) is 111 Å². The summed E-state index contributed by atoms with van der Waals surface area (Å²) in [6, 6.07) is 0.612. The van der Waals surface area contributed by atoms with Crippen molar-refractivity contribution in [3.8, 4) is 0 Å². The van der Waals surface area contributed by atoms with Crippen LogP contribution in [0.25, 0.3) is 0 Å². The van der Waals surface area contributed by atoms with Crippen LogP contribution in [0, 0.1) is 46.3 Å². The van der Waals surface area contributed by atoms with Gasteiger partial charge in [-0.05, 0) is 117 Å². The summed E-state index contributed by atoms with van der Waals surface area (Å²) in [5, 5.41) is 12.8. The number of rotatable bonds is 9. The number of carbonyl (C=O) groups is 1. The normalized spacial score (nSPS) is 43.3. The maximum absolute atomic E-state index is 12.1. The van der Waals surface area contributed by atoms with Gasteiger partial charge in [0.2, 0.25) is 0 Å². The van der Waals surface area contributed by atoms with Gasteiger partial charge in [-0.15, -0.1) is 0 Å². The summed E-state index contributed by atoms with van der Waals surface area (Å²) in [5.74, 6) is 4.96. The van der Waals surface area contributed by atoms with Crippen LogP contribution in [-0.2, 0) is 9.53 Å². The summed E-state index contributed by atoms with van der Waals surface area (Å²) in [6.07, 6.45) is 14.9. The Balaban J connectivity index is 1.38. The van der Waals surface area contributed by atoms with Gasteiger partial charge in [-0.2, -0.15) is 0 Å². The molecule has 4 rings (SSSR count). The maximum Gasteiger partial charge on any atom is 0.305 e. The van der Waals surface area contributed by atoms with Gasteiger partial charge in [0.1, 0.15) is 0 Å². The zero-order valence-corrected chi connectivity index (χ0v) is 21.9. The molecule has 0 radical (unpaired) electrons. The van der Waals surface area contributed by atoms with Crippen molar-refractivity contribution in [3.05, 3.63) is 0 Å². The van der Waals surface area contributed by atoms with Crippen LogP contribution in [0.2, 0.25) is 0 Å². The van der Waals surface area contributed by atoms with Crippen molar-refractivity contribution in [3.63, 3.8) is 0 Å². The SMILES string of the molecule is CCCOC(=O)CC[C@@H](C)[C@H]1CCC2C3CCC4CC(NCCO)CC[C@]4(C)C3CC[C@@]21C. The second-order valence-corrected chi connectivity index (χ2v) is 12.8. The fraction of sp³-hybridized carbons (Fsp3) is 0.966. The number of fused-ring (bicyclic) bond motifs is 5. The van der Waals surface area contributed by atoms with Gasteiger partial charge < -0.3 is 15.2 Å². The molecule has 0 heterocycles. The fourth-order valence-electron chi connectivity index (χ4n) is 9.52. The lowest BCUT2D eigenvalue weighted by molar-refractivity contribution is -0.144. The van der Waals surface area contributed by atoms with Crippen molar-refractivity contribution >= 4 is 5.97 Å². The molecule has 0 spiro atoms. The lowest BCUT2D eigenvalue weighted by Gasteiger charge is -2.61. The summed E-state index contributed by atoms with van der Waals surface area (Å²) >= 11 is 0. The second kappa shape index (κ2) is 10.6. The number of hydrogen-bond donors (Lipinski definition) is 2. The van der Waals surface area contributed by atoms with Gasteiger partial charge in [0.15, 0.2) is 0 Å². The van der Waals surface area contributed by atoms with Gasteiger partial charge in [-0.1, -0.05) is 27.7 Å². The quantitative estimate of drug-likeness (QED) is 0.416. The molecule has 0 saturated heterocycles. The lowest BCUT2D eigenvalue weighted by Crippen LogP contribution is -2.55. The van der Waals surface area contributed by atoms with Crippen molar-refractivity contribution in [1.29, 1.82) is 0 Å². The molecule has 0 aromatic heterocycles. The van der Waals surface area contributed by atoms with Crippen LogP contribution in [0.1, 0.15) is 105 Å². The van der Waals surface area contributed by atoms with Crippen LogP contribution < -0.4 is 5.32 Å². The standard InChI is InChI=1S/C29H51NO3/c1-5-18-33-27(32)11-6-20(2)24-9-10-25-23-8-7-21-19-22(30-16-17-31)12-14-28(21,3)26(23)13-15-29(24,25)4/h20-26,30-31H,5-19H2,1-4H3/t20-,21?,22?,23?,24-,25?,26?,28+,29-/m1/s1. The van der Waals surface area contributed by atoms with E-state index >= 15 is 0 Å². The number of hydrogen-bond acceptors (Lipinski definition) is 4. The highest BCUT2D eigenvalue weighted by Gasteiger charge is 2.60. The number of nitrogens with one attached hydrogen (secondary N) is 1. The molecule has 0 amide bonds. The largest absolute Gasteiger partial charge is 0.466 e. The Morgan fingerprint density at radius 3 is 2.58 bits per heavy atom. The molecule has 4 nitrogen and oxygen atoms in total. The van der Waals surface area contributed by atoms with E-state index in [2.05, 4.69) is 33.0 Å². The predicted molar refractivity (Wildman–Crippen MR) is 134 cm³/mol. The van der Waals surface area contributed by atoms with Gasteiger partial charge in [-0.3, -0.25) is 4.79 Å². The average Bonchev–Trinajstić information content (AvgIpc) is 3.17. The van der Waals surface area contributed by atoms with Crippen molar-refractivity contribution in [2.24, 2.45) is 46.3 Å². The topological polar surface area (TPSA) is 58.6 Å². The van der Waals surface area contributed by atoms with Gasteiger partial charge >= 0.3 is 5.97 Å². The third-order valence-corrected chi connectivity index (χ3v) is 11.2. The molecule has 33 heavy (non-hydrogen) atoms. The predicted octanol–water partition coefficient (Wildman–Crippen LogP) is 5.97. The molecule has 4 saturated carbocycles. The molecule has 9 atom stereocenters. The van der Waals surface area contributed by atoms with E-state index in [1.807, 2.05) is 0 Å². The molecule has 0 aromatic carbocycles. The summed E-state index contributed by atoms with van der Waals surface area (Å²) < 4.78 is 5.34. The van der Waals surface area contributed by atoms with Gasteiger partial charge in [0.25, 0.3) is 0 Å². The summed E-state index contributed by atoms with van der Waals surface area (Å²) in [4.78, 5) is 12.1. The van der Waals surface area contributed by atoms with Crippen LogP contribution in [-0.4, -0.2) is 36.9 Å². The third-order valence-electron chi connectivity index (χ3n) is 11.2. The van der Waals surface area contributed by atoms with E-state index < -0.39 is 0 Å². The van der Waals surface area contributed by atoms with Crippen molar-refractivity contribution in [2.75, 3.05) is 19.8 Å². The van der Waals surface area contributed by atoms with Crippen LogP contribution in [0.3, 0.4) is 0 Å². The van der Waals surface area contributed by atoms with Gasteiger partial charge in [0.05, 0.1) is 13.2 Å². The Morgan fingerprint density at radius 2 is 1.82 bits per heavy atom. The van der Waals surface area contributed by atoms with Crippen LogP contribution in [0.4, 0.5) is 0 Å². The van der Waals surface area contributed by atoms with Gasteiger partial charge in [0, 0.05) is 19.0 Å². The molecule has 0 aliphatic heterocycles. The minimum Gasteiger partial charge on any atom is -0.466 e. The Kier molecular flexibility index (Phi) is 8.16. The van der Waals surface area contributed by atoms with E-state index in [4.69, 9.17) is 4.74 Å². The minimum atomic E-state index is 0.00226. The Morgan fingerprint density at radius 1 is 1.06 bits per heavy atom. The first-order valence-corrected chi connectivity index (χ1v) is 14.3. The molecule has 4 fully saturated rings. The number of aliphatic hydroxyl groups is 1. The average molecular weight is 462 g/mol. The van der Waals surface area contributed by atoms with Crippen molar-refractivity contribution < 1.29 is 14.6 Å². The monoisotopic (exact) mass is 461 g/mol. The first-order chi connectivity index (χ1) is 15.8. The molecular weight excluding hydrogens is 410 g/mol. The molecular formula is C29H51NO3. The van der Waals surface area contributed by atoms with Crippen molar-refractivity contribution in [1.82, 2.24) is 5.32 Å². The van der Waals surface area contributed by atoms with Crippen LogP contribution in [0.5, 0.6) is 0 Å². The number of esters is 1. The summed E-state index contributed by atoms with van der Waals surface area (Å²) in [7, 11) is 0. The first-order valence-electron chi connectivity index (χ1n) is 14.3. The highest BCUT2D eigenvalue weighted by atomic mass is 16.5. The first kappa shape index (κ1) is 25.5. The van der Waals surface area contributed by atoms with E-state index in [9.17, 15) is 9.90 Å². The highest BCUT2D eigenvalue weighted by Crippen LogP contribution is 2.68. The molecule has 4 aliphatic carbocycles. The zero-order chi connectivity index (χ0) is 23.6. The minimum absolute atomic E-state index is 0.00226. The van der Waals surface area contributed by atoms with E-state index in [1.165, 1.54) is 57.8 Å². The highest BCUT2D eigenvalue weighted by molar-refractivity contribution is 5.69. The Hall–Kier alpha value is -0.610. The number of carbonyl (C=O) groups excluding carboxylic acids is 1. The molecule has 2 N–H and O–H groups in total. The van der Waals surface area contributed by atoms with Gasteiger partial charge in [-0.25, -0.2) is 0 Å². The number of aliphatic hydroxyl groups excluding tert-OH is 1. The lowest BCUT2D eigenvalue weighted by atomic mass is 9.44. The third kappa shape index (κ3) is 4.90. The van der Waals surface area contributed by atoms with E-state index in [0.29, 0.717) is 35.8 Å². The maximum atomic E-state index is 12.1. The number of ether oxygens (including phenoxy) is 1. The second-order valence-electron chi connectivity index (χ2n) is 12.8. The van der Waals surface area contributed by atoms with Crippen LogP contribution in [0.15, 0.2) is 0 Å². The summed E-state index contributed by atoms with van der Waals surface area (Å²) in [6.45, 7) is 11.3. The fourth-order valence-corrected chi connectivity index (χ4v) is 9.52. The van der Waals surface area contributed by atoms with E-state index in [1.54, 1.807) is 0 Å².